The summed E-state index contributed by atoms with van der Waals surface area (Å²) in [5.74, 6) is -1.50. The van der Waals surface area contributed by atoms with Crippen molar-refractivity contribution in [3.8, 4) is 5.75 Å². The summed E-state index contributed by atoms with van der Waals surface area (Å²) in [5, 5.41) is 10.9. The van der Waals surface area contributed by atoms with Crippen LogP contribution in [0.15, 0.2) is 18.2 Å². The molecule has 4 N–H and O–H groups in total. The molecule has 0 bridgehead atoms. The second kappa shape index (κ2) is 14.2. The van der Waals surface area contributed by atoms with E-state index in [2.05, 4.69) is 21.3 Å². The summed E-state index contributed by atoms with van der Waals surface area (Å²) in [6.07, 6.45) is 0. The van der Waals surface area contributed by atoms with Gasteiger partial charge in [0.2, 0.25) is 17.7 Å². The Morgan fingerprint density at radius 2 is 1.62 bits per heavy atom. The Kier molecular flexibility index (Phi) is 12.1. The van der Waals surface area contributed by atoms with E-state index in [1.807, 2.05) is 27.7 Å². The highest BCUT2D eigenvalue weighted by atomic mass is 16.5. The zero-order valence-corrected chi connectivity index (χ0v) is 21.1. The number of esters is 1. The molecule has 1 aromatic carbocycles. The Morgan fingerprint density at radius 3 is 2.18 bits per heavy atom. The molecule has 0 fully saturated rings. The average molecular weight is 479 g/mol. The van der Waals surface area contributed by atoms with E-state index in [9.17, 15) is 19.2 Å². The van der Waals surface area contributed by atoms with E-state index >= 15 is 0 Å². The minimum atomic E-state index is -0.767. The predicted molar refractivity (Wildman–Crippen MR) is 129 cm³/mol. The molecular formula is C24H38N4O6. The van der Waals surface area contributed by atoms with E-state index < -0.39 is 17.9 Å². The van der Waals surface area contributed by atoms with E-state index in [4.69, 9.17) is 9.47 Å². The summed E-state index contributed by atoms with van der Waals surface area (Å²) in [7, 11) is 1.46. The Morgan fingerprint density at radius 1 is 0.941 bits per heavy atom. The van der Waals surface area contributed by atoms with Gasteiger partial charge in [0, 0.05) is 6.04 Å². The number of rotatable bonds is 13. The molecule has 1 aromatic rings. The molecule has 0 radical (unpaired) electrons. The fourth-order valence-corrected chi connectivity index (χ4v) is 2.78. The van der Waals surface area contributed by atoms with Crippen molar-refractivity contribution in [3.05, 3.63) is 23.8 Å². The molecule has 0 heterocycles. The largest absolute Gasteiger partial charge is 0.495 e. The Hall–Kier alpha value is -3.14. The first-order chi connectivity index (χ1) is 15.9. The second-order valence-electron chi connectivity index (χ2n) is 8.89. The summed E-state index contributed by atoms with van der Waals surface area (Å²) in [6, 6.07) is 4.38. The SMILES string of the molecule is COc1cc(COC(=O)C(C)C)ccc1NC(=O)CNC(=O)C(NC(=O)CNC(C)C)C(C)C. The molecule has 0 saturated heterocycles. The van der Waals surface area contributed by atoms with Gasteiger partial charge >= 0.3 is 5.97 Å². The first kappa shape index (κ1) is 28.9. The average Bonchev–Trinajstić information content (AvgIpc) is 2.78. The van der Waals surface area contributed by atoms with E-state index in [-0.39, 0.29) is 49.5 Å². The third-order valence-electron chi connectivity index (χ3n) is 4.75. The quantitative estimate of drug-likeness (QED) is 0.316. The lowest BCUT2D eigenvalue weighted by atomic mass is 10.0. The van der Waals surface area contributed by atoms with Gasteiger partial charge in [-0.3, -0.25) is 19.2 Å². The van der Waals surface area contributed by atoms with Crippen LogP contribution < -0.4 is 26.0 Å². The molecule has 190 valence electrons. The smallest absolute Gasteiger partial charge is 0.308 e. The number of benzene rings is 1. The van der Waals surface area contributed by atoms with Gasteiger partial charge in [0.15, 0.2) is 0 Å². The van der Waals surface area contributed by atoms with Gasteiger partial charge in [-0.15, -0.1) is 0 Å². The fraction of sp³-hybridized carbons (Fsp3) is 0.583. The third-order valence-corrected chi connectivity index (χ3v) is 4.75. The van der Waals surface area contributed by atoms with Gasteiger partial charge in [0.1, 0.15) is 18.4 Å². The summed E-state index contributed by atoms with van der Waals surface area (Å²) in [4.78, 5) is 48.7. The van der Waals surface area contributed by atoms with Crippen molar-refractivity contribution in [2.75, 3.05) is 25.5 Å². The lowest BCUT2D eigenvalue weighted by Gasteiger charge is -2.22. The maximum Gasteiger partial charge on any atom is 0.308 e. The Bertz CT molecular complexity index is 854. The molecule has 0 spiro atoms. The molecule has 0 aliphatic carbocycles. The fourth-order valence-electron chi connectivity index (χ4n) is 2.78. The van der Waals surface area contributed by atoms with Crippen LogP contribution in [0.3, 0.4) is 0 Å². The van der Waals surface area contributed by atoms with Gasteiger partial charge in [0.05, 0.1) is 31.8 Å². The number of nitrogens with one attached hydrogen (secondary N) is 4. The van der Waals surface area contributed by atoms with Gasteiger partial charge in [-0.25, -0.2) is 0 Å². The Balaban J connectivity index is 2.66. The van der Waals surface area contributed by atoms with Crippen LogP contribution in [0.25, 0.3) is 0 Å². The summed E-state index contributed by atoms with van der Waals surface area (Å²) >= 11 is 0. The molecule has 10 nitrogen and oxygen atoms in total. The number of carbonyl (C=O) groups excluding carboxylic acids is 4. The van der Waals surface area contributed by atoms with Crippen molar-refractivity contribution in [1.82, 2.24) is 16.0 Å². The van der Waals surface area contributed by atoms with Crippen molar-refractivity contribution < 1.29 is 28.7 Å². The van der Waals surface area contributed by atoms with Crippen molar-refractivity contribution in [1.29, 1.82) is 0 Å². The van der Waals surface area contributed by atoms with E-state index in [1.54, 1.807) is 32.0 Å². The number of anilines is 1. The molecule has 10 heteroatoms. The number of hydrogen-bond acceptors (Lipinski definition) is 7. The summed E-state index contributed by atoms with van der Waals surface area (Å²) < 4.78 is 10.5. The van der Waals surface area contributed by atoms with Crippen LogP contribution in [0.5, 0.6) is 5.75 Å². The normalized spacial score (nSPS) is 11.8. The first-order valence-corrected chi connectivity index (χ1v) is 11.4. The van der Waals surface area contributed by atoms with Crippen LogP contribution >= 0.6 is 0 Å². The van der Waals surface area contributed by atoms with Gasteiger partial charge in [-0.1, -0.05) is 47.6 Å². The molecule has 3 amide bonds. The molecule has 0 aliphatic rings. The maximum atomic E-state index is 12.6. The molecule has 34 heavy (non-hydrogen) atoms. The second-order valence-corrected chi connectivity index (χ2v) is 8.89. The monoisotopic (exact) mass is 478 g/mol. The lowest BCUT2D eigenvalue weighted by Crippen LogP contribution is -2.52. The number of hydrogen-bond donors (Lipinski definition) is 4. The highest BCUT2D eigenvalue weighted by molar-refractivity contribution is 5.97. The molecule has 1 unspecified atom stereocenters. The number of amides is 3. The zero-order chi connectivity index (χ0) is 25.8. The summed E-state index contributed by atoms with van der Waals surface area (Å²) in [6.45, 7) is 10.9. The predicted octanol–water partition coefficient (Wildman–Crippen LogP) is 1.59. The molecule has 0 aliphatic heterocycles. The number of ether oxygens (including phenoxy) is 2. The van der Waals surface area contributed by atoms with Crippen LogP contribution in [-0.4, -0.2) is 56.0 Å². The number of carbonyl (C=O) groups is 4. The van der Waals surface area contributed by atoms with Crippen LogP contribution in [0.4, 0.5) is 5.69 Å². The maximum absolute atomic E-state index is 12.6. The molecular weight excluding hydrogens is 440 g/mol. The van der Waals surface area contributed by atoms with Gasteiger partial charge in [0.25, 0.3) is 0 Å². The highest BCUT2D eigenvalue weighted by Gasteiger charge is 2.24. The van der Waals surface area contributed by atoms with Gasteiger partial charge < -0.3 is 30.7 Å². The van der Waals surface area contributed by atoms with Crippen LogP contribution in [-0.2, 0) is 30.5 Å². The zero-order valence-electron chi connectivity index (χ0n) is 21.1. The van der Waals surface area contributed by atoms with Crippen molar-refractivity contribution >= 4 is 29.4 Å². The molecule has 1 rings (SSSR count). The van der Waals surface area contributed by atoms with Gasteiger partial charge in [-0.2, -0.15) is 0 Å². The Labute approximate surface area is 201 Å². The number of methoxy groups -OCH3 is 1. The molecule has 1 atom stereocenters. The van der Waals surface area contributed by atoms with E-state index in [0.717, 1.165) is 0 Å². The van der Waals surface area contributed by atoms with Crippen LogP contribution in [0.2, 0.25) is 0 Å². The van der Waals surface area contributed by atoms with Crippen LogP contribution in [0, 0.1) is 11.8 Å². The summed E-state index contributed by atoms with van der Waals surface area (Å²) in [5.41, 5.74) is 1.12. The van der Waals surface area contributed by atoms with E-state index in [1.165, 1.54) is 7.11 Å². The lowest BCUT2D eigenvalue weighted by molar-refractivity contribution is -0.148. The standard InChI is InChI=1S/C24H38N4O6/c1-14(2)22(28-21(30)11-25-16(5)6)23(31)26-12-20(29)27-18-9-8-17(10-19(18)33-7)13-34-24(32)15(3)4/h8-10,14-16,22,25H,11-13H2,1-7H3,(H,26,31)(H,27,29)(H,28,30). The van der Waals surface area contributed by atoms with Crippen molar-refractivity contribution in [2.45, 2.75) is 60.2 Å². The topological polar surface area (TPSA) is 135 Å². The first-order valence-electron chi connectivity index (χ1n) is 11.4. The van der Waals surface area contributed by atoms with E-state index in [0.29, 0.717) is 17.0 Å². The third kappa shape index (κ3) is 10.2. The minimum Gasteiger partial charge on any atom is -0.495 e. The van der Waals surface area contributed by atoms with Crippen molar-refractivity contribution in [2.24, 2.45) is 11.8 Å². The van der Waals surface area contributed by atoms with Crippen molar-refractivity contribution in [3.63, 3.8) is 0 Å². The van der Waals surface area contributed by atoms with Crippen LogP contribution in [0.1, 0.15) is 47.1 Å². The highest BCUT2D eigenvalue weighted by Crippen LogP contribution is 2.26. The molecule has 0 saturated carbocycles. The molecule has 0 aromatic heterocycles. The minimum absolute atomic E-state index is 0.0899. The van der Waals surface area contributed by atoms with Gasteiger partial charge in [-0.05, 0) is 23.6 Å².